The third kappa shape index (κ3) is 6.85. The van der Waals surface area contributed by atoms with E-state index in [1.54, 1.807) is 0 Å². The van der Waals surface area contributed by atoms with Crippen LogP contribution in [0.2, 0.25) is 0 Å². The number of fused-ring (bicyclic) bond motifs is 6. The first-order valence-electron chi connectivity index (χ1n) is 23.4. The fraction of sp³-hybridized carbons (Fsp3) is 0.0312. The fourth-order valence-electron chi connectivity index (χ4n) is 10.5. The summed E-state index contributed by atoms with van der Waals surface area (Å²) in [7, 11) is 0. The molecule has 3 heterocycles. The van der Waals surface area contributed by atoms with Crippen LogP contribution in [-0.2, 0) is 0 Å². The molecule has 1 aliphatic carbocycles. The van der Waals surface area contributed by atoms with E-state index in [0.29, 0.717) is 5.82 Å². The predicted molar refractivity (Wildman–Crippen MR) is 282 cm³/mol. The van der Waals surface area contributed by atoms with Crippen LogP contribution in [-0.4, -0.2) is 20.6 Å². The molecule has 0 spiro atoms. The van der Waals surface area contributed by atoms with Crippen LogP contribution in [0.5, 0.6) is 0 Å². The van der Waals surface area contributed by atoms with Crippen LogP contribution in [0.4, 0.5) is 11.4 Å². The zero-order valence-corrected chi connectivity index (χ0v) is 37.2. The highest BCUT2D eigenvalue weighted by molar-refractivity contribution is 6.10. The van der Waals surface area contributed by atoms with Gasteiger partial charge in [0.15, 0.2) is 5.82 Å². The summed E-state index contributed by atoms with van der Waals surface area (Å²) in [5.74, 6) is 0.964. The third-order valence-electron chi connectivity index (χ3n) is 13.8. The molecule has 0 bridgehead atoms. The monoisotopic (exact) mass is 868 g/mol. The molecule has 0 N–H and O–H groups in total. The first kappa shape index (κ1) is 39.5. The van der Waals surface area contributed by atoms with Crippen molar-refractivity contribution in [3.05, 3.63) is 260 Å². The van der Waals surface area contributed by atoms with Crippen LogP contribution in [0.25, 0.3) is 94.8 Å². The summed E-state index contributed by atoms with van der Waals surface area (Å²) in [5.41, 5.74) is 19.3. The lowest BCUT2D eigenvalue weighted by Crippen LogP contribution is -2.28. The first-order valence-corrected chi connectivity index (χ1v) is 23.4. The minimum atomic E-state index is 0.235. The molecular weight excluding hydrogens is 825 g/mol. The molecule has 11 aromatic rings. The van der Waals surface area contributed by atoms with Crippen molar-refractivity contribution in [3.8, 4) is 73.0 Å². The zero-order valence-electron chi connectivity index (χ0n) is 37.2. The minimum absolute atomic E-state index is 0.235. The van der Waals surface area contributed by atoms with Crippen molar-refractivity contribution in [2.75, 3.05) is 4.90 Å². The number of rotatable bonds is 8. The molecule has 13 rings (SSSR count). The summed E-state index contributed by atoms with van der Waals surface area (Å²) < 4.78 is 2.42. The summed E-state index contributed by atoms with van der Waals surface area (Å²) in [6, 6.07) is 83.0. The Bertz CT molecular complexity index is 3720. The van der Waals surface area contributed by atoms with Gasteiger partial charge in [0.2, 0.25) is 0 Å². The Morgan fingerprint density at radius 2 is 0.926 bits per heavy atom. The molecule has 4 nitrogen and oxygen atoms in total. The lowest BCUT2D eigenvalue weighted by molar-refractivity contribution is 0.745. The second-order valence-corrected chi connectivity index (χ2v) is 17.7. The number of allylic oxidation sites excluding steroid dienone is 2. The van der Waals surface area contributed by atoms with Crippen LogP contribution in [0.1, 0.15) is 11.5 Å². The number of para-hydroxylation sites is 2. The lowest BCUT2D eigenvalue weighted by Gasteiger charge is -2.28. The van der Waals surface area contributed by atoms with Crippen LogP contribution >= 0.6 is 0 Å². The Hall–Kier alpha value is -8.86. The first-order chi connectivity index (χ1) is 33.7. The molecule has 0 radical (unpaired) electrons. The fourth-order valence-corrected chi connectivity index (χ4v) is 10.5. The quantitative estimate of drug-likeness (QED) is 0.153. The van der Waals surface area contributed by atoms with Gasteiger partial charge in [-0.3, -0.25) is 0 Å². The van der Waals surface area contributed by atoms with E-state index < -0.39 is 0 Å². The SMILES string of the molecule is C1=CC2c3c(-c4ccc(-n5c6ccccc6c6ccc(-c7cccc(-c8cc(-c9ccc(-c%10ccccc%10)cc9)nc(-c9ccccc9)n8)c7)cc65)cc4)cccc3N(c3ccccc3)C2C=C1. The number of hydrogen-bond acceptors (Lipinski definition) is 3. The summed E-state index contributed by atoms with van der Waals surface area (Å²) in [4.78, 5) is 12.8. The van der Waals surface area contributed by atoms with E-state index in [0.717, 1.165) is 50.4 Å². The van der Waals surface area contributed by atoms with Gasteiger partial charge < -0.3 is 9.47 Å². The van der Waals surface area contributed by atoms with E-state index in [9.17, 15) is 0 Å². The van der Waals surface area contributed by atoms with Gasteiger partial charge in [-0.2, -0.15) is 0 Å². The van der Waals surface area contributed by atoms with Crippen molar-refractivity contribution in [2.24, 2.45) is 0 Å². The van der Waals surface area contributed by atoms with Crippen molar-refractivity contribution < 1.29 is 0 Å². The molecule has 0 saturated heterocycles. The van der Waals surface area contributed by atoms with Gasteiger partial charge in [-0.25, -0.2) is 9.97 Å². The minimum Gasteiger partial charge on any atom is -0.333 e. The third-order valence-corrected chi connectivity index (χ3v) is 13.8. The van der Waals surface area contributed by atoms with Gasteiger partial charge in [0, 0.05) is 50.4 Å². The van der Waals surface area contributed by atoms with E-state index >= 15 is 0 Å². The highest BCUT2D eigenvalue weighted by atomic mass is 15.2. The number of nitrogens with zero attached hydrogens (tertiary/aromatic N) is 4. The molecule has 2 aromatic heterocycles. The molecule has 1 aliphatic heterocycles. The average Bonchev–Trinajstić information content (AvgIpc) is 3.94. The number of anilines is 2. The molecule has 0 saturated carbocycles. The van der Waals surface area contributed by atoms with Gasteiger partial charge in [0.05, 0.1) is 28.5 Å². The molecule has 68 heavy (non-hydrogen) atoms. The standard InChI is InChI=1S/C64H44N4/c1-4-16-43(17-5-1)44-30-32-46(33-31-44)57-42-58(66-64(65-57)47-18-6-2-7-19-47)50-21-14-20-48(40-50)49-36-39-55-54-24-10-12-27-59(54)68(62(55)41-49)52-37-34-45(35-38-52)53-26-15-29-61-63(53)56-25-11-13-28-60(56)67(61)51-22-8-3-9-23-51/h1-42,56,60H. The summed E-state index contributed by atoms with van der Waals surface area (Å²) in [6.45, 7) is 0. The Kier molecular flexibility index (Phi) is 9.61. The second-order valence-electron chi connectivity index (χ2n) is 17.7. The van der Waals surface area contributed by atoms with Crippen molar-refractivity contribution in [1.82, 2.24) is 14.5 Å². The second kappa shape index (κ2) is 16.5. The molecular formula is C64H44N4. The van der Waals surface area contributed by atoms with Crippen LogP contribution < -0.4 is 4.90 Å². The van der Waals surface area contributed by atoms with Crippen LogP contribution in [0, 0.1) is 0 Å². The van der Waals surface area contributed by atoms with E-state index in [1.165, 1.54) is 55.5 Å². The predicted octanol–water partition coefficient (Wildman–Crippen LogP) is 16.3. The summed E-state index contributed by atoms with van der Waals surface area (Å²) in [5, 5.41) is 2.46. The number of aromatic nitrogens is 3. The van der Waals surface area contributed by atoms with Crippen molar-refractivity contribution in [2.45, 2.75) is 12.0 Å². The van der Waals surface area contributed by atoms with Crippen LogP contribution in [0.15, 0.2) is 255 Å². The number of hydrogen-bond donors (Lipinski definition) is 0. The van der Waals surface area contributed by atoms with Gasteiger partial charge in [0.1, 0.15) is 0 Å². The Labute approximate surface area is 396 Å². The smallest absolute Gasteiger partial charge is 0.160 e. The highest BCUT2D eigenvalue weighted by Crippen LogP contribution is 2.51. The molecule has 9 aromatic carbocycles. The molecule has 0 fully saturated rings. The molecule has 320 valence electrons. The molecule has 2 aliphatic rings. The van der Waals surface area contributed by atoms with Crippen molar-refractivity contribution in [3.63, 3.8) is 0 Å². The maximum absolute atomic E-state index is 5.19. The highest BCUT2D eigenvalue weighted by Gasteiger charge is 2.39. The van der Waals surface area contributed by atoms with E-state index in [2.05, 4.69) is 240 Å². The summed E-state index contributed by atoms with van der Waals surface area (Å²) in [6.07, 6.45) is 9.10. The molecule has 2 unspecified atom stereocenters. The van der Waals surface area contributed by atoms with Crippen molar-refractivity contribution >= 4 is 33.2 Å². The number of benzene rings is 9. The van der Waals surface area contributed by atoms with E-state index in [1.807, 2.05) is 24.3 Å². The maximum atomic E-state index is 5.19. The van der Waals surface area contributed by atoms with Gasteiger partial charge in [-0.05, 0) is 93.5 Å². The topological polar surface area (TPSA) is 34.0 Å². The van der Waals surface area contributed by atoms with Gasteiger partial charge >= 0.3 is 0 Å². The average molecular weight is 869 g/mol. The van der Waals surface area contributed by atoms with Crippen molar-refractivity contribution in [1.29, 1.82) is 0 Å². The maximum Gasteiger partial charge on any atom is 0.160 e. The van der Waals surface area contributed by atoms with E-state index in [4.69, 9.17) is 9.97 Å². The van der Waals surface area contributed by atoms with Gasteiger partial charge in [-0.1, -0.05) is 200 Å². The molecule has 4 heteroatoms. The van der Waals surface area contributed by atoms with E-state index in [-0.39, 0.29) is 12.0 Å². The molecule has 2 atom stereocenters. The lowest BCUT2D eigenvalue weighted by atomic mass is 9.86. The van der Waals surface area contributed by atoms with Gasteiger partial charge in [0.25, 0.3) is 0 Å². The van der Waals surface area contributed by atoms with Gasteiger partial charge in [-0.15, -0.1) is 0 Å². The largest absolute Gasteiger partial charge is 0.333 e. The summed E-state index contributed by atoms with van der Waals surface area (Å²) >= 11 is 0. The normalized spacial score (nSPS) is 14.9. The Morgan fingerprint density at radius 3 is 1.72 bits per heavy atom. The zero-order chi connectivity index (χ0) is 45.0. The Morgan fingerprint density at radius 1 is 0.353 bits per heavy atom. The Balaban J connectivity index is 0.878. The molecule has 0 amide bonds. The van der Waals surface area contributed by atoms with Crippen LogP contribution in [0.3, 0.4) is 0 Å².